The van der Waals surface area contributed by atoms with E-state index in [1.807, 2.05) is 6.92 Å². The van der Waals surface area contributed by atoms with Crippen molar-refractivity contribution in [2.24, 2.45) is 16.4 Å². The van der Waals surface area contributed by atoms with Crippen molar-refractivity contribution in [3.63, 3.8) is 0 Å². The predicted molar refractivity (Wildman–Crippen MR) is 41.4 cm³/mol. The lowest BCUT2D eigenvalue weighted by atomic mass is 9.90. The molecule has 0 saturated carbocycles. The number of rotatable bonds is 1. The number of nitrogens with zero attached hydrogens (tertiary/aromatic N) is 1. The van der Waals surface area contributed by atoms with Crippen molar-refractivity contribution < 1.29 is 0 Å². The second kappa shape index (κ2) is 2.85. The van der Waals surface area contributed by atoms with Crippen LogP contribution in [0.1, 0.15) is 34.1 Å². The van der Waals surface area contributed by atoms with Gasteiger partial charge in [-0.15, -0.1) is 0 Å². The summed E-state index contributed by atoms with van der Waals surface area (Å²) in [5.41, 5.74) is 1.33. The molecule has 0 unspecified atom stereocenters. The Morgan fingerprint density at radius 1 is 1.44 bits per heavy atom. The summed E-state index contributed by atoms with van der Waals surface area (Å²) >= 11 is 0. The van der Waals surface area contributed by atoms with Crippen molar-refractivity contribution in [2.45, 2.75) is 34.1 Å². The summed E-state index contributed by atoms with van der Waals surface area (Å²) in [5, 5.41) is 3.59. The highest BCUT2D eigenvalue weighted by Gasteiger charge is 2.10. The normalized spacial score (nSPS) is 14.0. The summed E-state index contributed by atoms with van der Waals surface area (Å²) in [7, 11) is 0. The van der Waals surface area contributed by atoms with E-state index in [2.05, 4.69) is 25.9 Å². The van der Waals surface area contributed by atoms with Crippen molar-refractivity contribution in [3.8, 4) is 0 Å². The van der Waals surface area contributed by atoms with Gasteiger partial charge in [0.25, 0.3) is 0 Å². The van der Waals surface area contributed by atoms with E-state index in [9.17, 15) is 0 Å². The van der Waals surface area contributed by atoms with E-state index in [-0.39, 0.29) is 0 Å². The van der Waals surface area contributed by atoms with E-state index in [1.54, 1.807) is 0 Å². The second-order valence-corrected chi connectivity index (χ2v) is 3.60. The monoisotopic (exact) mass is 128 g/mol. The molecule has 2 N–H and O–H groups in total. The summed E-state index contributed by atoms with van der Waals surface area (Å²) in [5.74, 6) is 5.07. The third kappa shape index (κ3) is 5.34. The van der Waals surface area contributed by atoms with Gasteiger partial charge in [0.05, 0.1) is 0 Å². The maximum absolute atomic E-state index is 5.07. The minimum Gasteiger partial charge on any atom is -0.323 e. The second-order valence-electron chi connectivity index (χ2n) is 3.60. The zero-order chi connectivity index (χ0) is 7.49. The molecule has 54 valence electrons. The van der Waals surface area contributed by atoms with Gasteiger partial charge in [-0.2, -0.15) is 5.10 Å². The van der Waals surface area contributed by atoms with Crippen molar-refractivity contribution in [1.82, 2.24) is 0 Å². The van der Waals surface area contributed by atoms with Crippen LogP contribution in [0.2, 0.25) is 0 Å². The van der Waals surface area contributed by atoms with Crippen LogP contribution in [0.25, 0.3) is 0 Å². The maximum atomic E-state index is 5.07. The fraction of sp³-hybridized carbons (Fsp3) is 0.857. The fourth-order valence-electron chi connectivity index (χ4n) is 0.813. The van der Waals surface area contributed by atoms with E-state index in [4.69, 9.17) is 5.84 Å². The van der Waals surface area contributed by atoms with Crippen LogP contribution in [-0.4, -0.2) is 5.71 Å². The first-order valence-electron chi connectivity index (χ1n) is 3.19. The highest BCUT2D eigenvalue weighted by molar-refractivity contribution is 5.82. The van der Waals surface area contributed by atoms with E-state index >= 15 is 0 Å². The average molecular weight is 128 g/mol. The minimum atomic E-state index is 0.312. The van der Waals surface area contributed by atoms with Crippen molar-refractivity contribution >= 4 is 5.71 Å². The molecule has 0 heterocycles. The molecule has 0 aromatic heterocycles. The van der Waals surface area contributed by atoms with Gasteiger partial charge in [0.2, 0.25) is 0 Å². The van der Waals surface area contributed by atoms with Gasteiger partial charge < -0.3 is 5.84 Å². The standard InChI is InChI=1S/C7H16N2/c1-6(9-8)5-7(2,3)4/h5,8H2,1-4H3/b9-6-. The number of hydrazone groups is 1. The molecule has 0 rings (SSSR count). The molecule has 0 radical (unpaired) electrons. The smallest absolute Gasteiger partial charge is 0.0350 e. The van der Waals surface area contributed by atoms with Gasteiger partial charge >= 0.3 is 0 Å². The van der Waals surface area contributed by atoms with Gasteiger partial charge in [0, 0.05) is 5.71 Å². The molecule has 9 heavy (non-hydrogen) atoms. The van der Waals surface area contributed by atoms with E-state index in [0.717, 1.165) is 12.1 Å². The Morgan fingerprint density at radius 2 is 1.89 bits per heavy atom. The molecule has 0 aliphatic rings. The van der Waals surface area contributed by atoms with E-state index in [0.29, 0.717) is 5.41 Å². The summed E-state index contributed by atoms with van der Waals surface area (Å²) in [4.78, 5) is 0. The molecule has 0 aliphatic heterocycles. The van der Waals surface area contributed by atoms with Gasteiger partial charge in [-0.3, -0.25) is 0 Å². The van der Waals surface area contributed by atoms with Gasteiger partial charge in [0.1, 0.15) is 0 Å². The van der Waals surface area contributed by atoms with Crippen LogP contribution in [0.4, 0.5) is 0 Å². The van der Waals surface area contributed by atoms with Gasteiger partial charge in [-0.05, 0) is 18.8 Å². The molecule has 2 heteroatoms. The van der Waals surface area contributed by atoms with Crippen LogP contribution in [0.15, 0.2) is 5.10 Å². The molecular formula is C7H16N2. The van der Waals surface area contributed by atoms with Crippen LogP contribution in [-0.2, 0) is 0 Å². The molecule has 0 saturated heterocycles. The molecule has 2 nitrogen and oxygen atoms in total. The van der Waals surface area contributed by atoms with E-state index in [1.165, 1.54) is 0 Å². The van der Waals surface area contributed by atoms with Crippen LogP contribution >= 0.6 is 0 Å². The fourth-order valence-corrected chi connectivity index (χ4v) is 0.813. The largest absolute Gasteiger partial charge is 0.323 e. The van der Waals surface area contributed by atoms with Gasteiger partial charge in [0.15, 0.2) is 0 Å². The first-order valence-corrected chi connectivity index (χ1v) is 3.19. The SMILES string of the molecule is C/C(CC(C)(C)C)=N/N. The topological polar surface area (TPSA) is 38.4 Å². The zero-order valence-corrected chi connectivity index (χ0v) is 6.73. The van der Waals surface area contributed by atoms with Crippen LogP contribution in [0.5, 0.6) is 0 Å². The summed E-state index contributed by atoms with van der Waals surface area (Å²) in [6.45, 7) is 8.45. The molecule has 0 atom stereocenters. The Labute approximate surface area is 57.1 Å². The van der Waals surface area contributed by atoms with Crippen molar-refractivity contribution in [2.75, 3.05) is 0 Å². The Balaban J connectivity index is 3.75. The molecule has 0 bridgehead atoms. The quantitative estimate of drug-likeness (QED) is 0.326. The summed E-state index contributed by atoms with van der Waals surface area (Å²) < 4.78 is 0. The van der Waals surface area contributed by atoms with E-state index < -0.39 is 0 Å². The lowest BCUT2D eigenvalue weighted by Gasteiger charge is -2.16. The lowest BCUT2D eigenvalue weighted by molar-refractivity contribution is 0.433. The number of nitrogens with two attached hydrogens (primary N) is 1. The number of hydrogen-bond donors (Lipinski definition) is 1. The molecule has 0 spiro atoms. The maximum Gasteiger partial charge on any atom is 0.0350 e. The van der Waals surface area contributed by atoms with Crippen molar-refractivity contribution in [3.05, 3.63) is 0 Å². The first kappa shape index (κ1) is 8.47. The van der Waals surface area contributed by atoms with Gasteiger partial charge in [-0.1, -0.05) is 20.8 Å². The zero-order valence-electron chi connectivity index (χ0n) is 6.73. The highest BCUT2D eigenvalue weighted by Crippen LogP contribution is 2.18. The molecule has 0 aliphatic carbocycles. The molecule has 0 fully saturated rings. The third-order valence-corrected chi connectivity index (χ3v) is 1.01. The van der Waals surface area contributed by atoms with Crippen LogP contribution < -0.4 is 5.84 Å². The Morgan fingerprint density at radius 3 is 2.00 bits per heavy atom. The minimum absolute atomic E-state index is 0.312. The number of hydrogen-bond acceptors (Lipinski definition) is 2. The lowest BCUT2D eigenvalue weighted by Crippen LogP contribution is -2.11. The van der Waals surface area contributed by atoms with Crippen LogP contribution in [0, 0.1) is 5.41 Å². The van der Waals surface area contributed by atoms with Gasteiger partial charge in [-0.25, -0.2) is 0 Å². The third-order valence-electron chi connectivity index (χ3n) is 1.01. The Kier molecular flexibility index (Phi) is 2.68. The first-order chi connectivity index (χ1) is 3.95. The Bertz CT molecular complexity index is 109. The van der Waals surface area contributed by atoms with Crippen LogP contribution in [0.3, 0.4) is 0 Å². The summed E-state index contributed by atoms with van der Waals surface area (Å²) in [6, 6.07) is 0. The average Bonchev–Trinajstić information content (AvgIpc) is 1.62. The van der Waals surface area contributed by atoms with Crippen molar-refractivity contribution in [1.29, 1.82) is 0 Å². The highest BCUT2D eigenvalue weighted by atomic mass is 15.1. The Hall–Kier alpha value is -0.530. The molecule has 0 aromatic rings. The summed E-state index contributed by atoms with van der Waals surface area (Å²) in [6.07, 6.45) is 0.976. The molecule has 0 aromatic carbocycles. The molecule has 0 amide bonds. The molecular weight excluding hydrogens is 112 g/mol. The predicted octanol–water partition coefficient (Wildman–Crippen LogP) is 1.76.